The number of nitrogens with one attached hydrogen (secondary N) is 1. The highest BCUT2D eigenvalue weighted by molar-refractivity contribution is 7.92. The molecule has 0 aliphatic heterocycles. The van der Waals surface area contributed by atoms with Crippen molar-refractivity contribution in [1.29, 1.82) is 0 Å². The van der Waals surface area contributed by atoms with Crippen molar-refractivity contribution >= 4 is 33.2 Å². The number of benzene rings is 4. The monoisotopic (exact) mass is 628 g/mol. The molecule has 0 spiro atoms. The van der Waals surface area contributed by atoms with E-state index in [-0.39, 0.29) is 41.2 Å². The number of nitro benzene ring substituents is 1. The van der Waals surface area contributed by atoms with Crippen LogP contribution >= 0.6 is 0 Å². The van der Waals surface area contributed by atoms with Crippen LogP contribution in [0.25, 0.3) is 0 Å². The normalized spacial score (nSPS) is 11.9. The summed E-state index contributed by atoms with van der Waals surface area (Å²) < 4.78 is 28.9. The zero-order valence-corrected chi connectivity index (χ0v) is 26.2. The Morgan fingerprint density at radius 2 is 1.47 bits per heavy atom. The van der Waals surface area contributed by atoms with Gasteiger partial charge in [0, 0.05) is 31.1 Å². The third kappa shape index (κ3) is 8.54. The van der Waals surface area contributed by atoms with Crippen LogP contribution in [0.4, 0.5) is 11.4 Å². The van der Waals surface area contributed by atoms with E-state index in [1.54, 1.807) is 18.2 Å². The molecule has 1 atom stereocenters. The number of hydrogen-bond acceptors (Lipinski definition) is 6. The summed E-state index contributed by atoms with van der Waals surface area (Å²) >= 11 is 0. The predicted molar refractivity (Wildman–Crippen MR) is 173 cm³/mol. The highest BCUT2D eigenvalue weighted by atomic mass is 32.2. The SMILES string of the molecule is Cc1cccc(CN(C(=O)CN(c2cccc([N+](=O)[O-])c2)S(=O)(=O)c2ccccc2)C(Cc2ccccc2)C(=O)NC(C)C)c1. The van der Waals surface area contributed by atoms with E-state index < -0.39 is 33.4 Å². The van der Waals surface area contributed by atoms with Crippen molar-refractivity contribution < 1.29 is 22.9 Å². The average Bonchev–Trinajstić information content (AvgIpc) is 3.02. The van der Waals surface area contributed by atoms with Crippen molar-refractivity contribution in [1.82, 2.24) is 10.2 Å². The third-order valence-corrected chi connectivity index (χ3v) is 8.86. The van der Waals surface area contributed by atoms with Gasteiger partial charge in [0.15, 0.2) is 0 Å². The van der Waals surface area contributed by atoms with Crippen LogP contribution in [-0.2, 0) is 32.6 Å². The molecule has 11 heteroatoms. The number of non-ortho nitro benzene ring substituents is 1. The van der Waals surface area contributed by atoms with Gasteiger partial charge in [-0.2, -0.15) is 0 Å². The maximum atomic E-state index is 14.4. The van der Waals surface area contributed by atoms with Crippen LogP contribution in [0.2, 0.25) is 0 Å². The fraction of sp³-hybridized carbons (Fsp3) is 0.235. The summed E-state index contributed by atoms with van der Waals surface area (Å²) in [5.74, 6) is -1.04. The lowest BCUT2D eigenvalue weighted by Gasteiger charge is -2.34. The van der Waals surface area contributed by atoms with Crippen molar-refractivity contribution in [3.8, 4) is 0 Å². The van der Waals surface area contributed by atoms with E-state index in [0.29, 0.717) is 0 Å². The van der Waals surface area contributed by atoms with Crippen molar-refractivity contribution in [2.24, 2.45) is 0 Å². The number of aryl methyl sites for hydroxylation is 1. The average molecular weight is 629 g/mol. The van der Waals surface area contributed by atoms with E-state index in [1.165, 1.54) is 35.2 Å². The lowest BCUT2D eigenvalue weighted by molar-refractivity contribution is -0.384. The number of amides is 2. The smallest absolute Gasteiger partial charge is 0.271 e. The largest absolute Gasteiger partial charge is 0.352 e. The molecule has 0 saturated carbocycles. The summed E-state index contributed by atoms with van der Waals surface area (Å²) in [4.78, 5) is 40.5. The highest BCUT2D eigenvalue weighted by Crippen LogP contribution is 2.28. The standard InChI is InChI=1S/C34H36N4O6S/c1-25(2)35-34(40)32(21-27-13-6-4-7-14-27)36(23-28-15-10-12-26(3)20-28)33(39)24-37(29-16-11-17-30(22-29)38(41)42)45(43,44)31-18-8-5-9-19-31/h4-20,22,25,32H,21,23-24H2,1-3H3,(H,35,40). The molecule has 234 valence electrons. The van der Waals surface area contributed by atoms with Gasteiger partial charge >= 0.3 is 0 Å². The second kappa shape index (κ2) is 14.6. The van der Waals surface area contributed by atoms with Crippen LogP contribution in [0.15, 0.2) is 114 Å². The van der Waals surface area contributed by atoms with Crippen LogP contribution < -0.4 is 9.62 Å². The van der Waals surface area contributed by atoms with Crippen LogP contribution in [0.5, 0.6) is 0 Å². The summed E-state index contributed by atoms with van der Waals surface area (Å²) in [5, 5.41) is 14.5. The zero-order valence-electron chi connectivity index (χ0n) is 25.4. The van der Waals surface area contributed by atoms with E-state index in [1.807, 2.05) is 75.4 Å². The Hall–Kier alpha value is -5.03. The summed E-state index contributed by atoms with van der Waals surface area (Å²) in [6, 6.07) is 28.2. The van der Waals surface area contributed by atoms with E-state index >= 15 is 0 Å². The van der Waals surface area contributed by atoms with Crippen molar-refractivity contribution in [2.75, 3.05) is 10.8 Å². The molecule has 0 fully saturated rings. The van der Waals surface area contributed by atoms with Crippen molar-refractivity contribution in [3.63, 3.8) is 0 Å². The topological polar surface area (TPSA) is 130 Å². The van der Waals surface area contributed by atoms with Gasteiger partial charge in [-0.1, -0.05) is 84.4 Å². The summed E-state index contributed by atoms with van der Waals surface area (Å²) in [7, 11) is -4.37. The molecule has 0 aromatic heterocycles. The summed E-state index contributed by atoms with van der Waals surface area (Å²) in [6.07, 6.45) is 0.180. The Morgan fingerprint density at radius 1 is 0.844 bits per heavy atom. The fourth-order valence-corrected chi connectivity index (χ4v) is 6.38. The number of carbonyl (C=O) groups excluding carboxylic acids is 2. The van der Waals surface area contributed by atoms with E-state index in [4.69, 9.17) is 0 Å². The van der Waals surface area contributed by atoms with Crippen molar-refractivity contribution in [2.45, 2.75) is 50.7 Å². The first-order valence-electron chi connectivity index (χ1n) is 14.5. The predicted octanol–water partition coefficient (Wildman–Crippen LogP) is 5.26. The Kier molecular flexibility index (Phi) is 10.7. The zero-order chi connectivity index (χ0) is 32.6. The number of sulfonamides is 1. The minimum absolute atomic E-state index is 0.0255. The minimum Gasteiger partial charge on any atom is -0.352 e. The highest BCUT2D eigenvalue weighted by Gasteiger charge is 2.35. The third-order valence-electron chi connectivity index (χ3n) is 7.08. The molecule has 4 aromatic carbocycles. The van der Waals surface area contributed by atoms with Gasteiger partial charge in [0.2, 0.25) is 11.8 Å². The van der Waals surface area contributed by atoms with Gasteiger partial charge in [0.1, 0.15) is 12.6 Å². The first kappa shape index (κ1) is 32.9. The Balaban J connectivity index is 1.83. The van der Waals surface area contributed by atoms with Gasteiger partial charge in [-0.15, -0.1) is 0 Å². The molecular formula is C34H36N4O6S. The molecule has 0 radical (unpaired) electrons. The summed E-state index contributed by atoms with van der Waals surface area (Å²) in [5.41, 5.74) is 2.14. The molecule has 0 aliphatic rings. The molecule has 4 aromatic rings. The van der Waals surface area contributed by atoms with Gasteiger partial charge < -0.3 is 10.2 Å². The van der Waals surface area contributed by atoms with Crippen LogP contribution in [0, 0.1) is 17.0 Å². The van der Waals surface area contributed by atoms with Gasteiger partial charge in [0.05, 0.1) is 15.5 Å². The molecule has 1 unspecified atom stereocenters. The van der Waals surface area contributed by atoms with Gasteiger partial charge in [-0.25, -0.2) is 8.42 Å². The van der Waals surface area contributed by atoms with Gasteiger partial charge in [-0.05, 0) is 50.1 Å². The summed E-state index contributed by atoms with van der Waals surface area (Å²) in [6.45, 7) is 4.88. The minimum atomic E-state index is -4.37. The van der Waals surface area contributed by atoms with E-state index in [2.05, 4.69) is 5.32 Å². The maximum Gasteiger partial charge on any atom is 0.271 e. The van der Waals surface area contributed by atoms with Gasteiger partial charge in [-0.3, -0.25) is 24.0 Å². The number of anilines is 1. The molecule has 10 nitrogen and oxygen atoms in total. The molecule has 0 bridgehead atoms. The Morgan fingerprint density at radius 3 is 2.09 bits per heavy atom. The van der Waals surface area contributed by atoms with Crippen LogP contribution in [0.3, 0.4) is 0 Å². The van der Waals surface area contributed by atoms with Crippen LogP contribution in [-0.4, -0.2) is 48.7 Å². The lowest BCUT2D eigenvalue weighted by atomic mass is 10.0. The molecule has 45 heavy (non-hydrogen) atoms. The molecule has 4 rings (SSSR count). The van der Waals surface area contributed by atoms with Gasteiger partial charge in [0.25, 0.3) is 15.7 Å². The first-order chi connectivity index (χ1) is 21.5. The van der Waals surface area contributed by atoms with E-state index in [0.717, 1.165) is 27.1 Å². The second-order valence-electron chi connectivity index (χ2n) is 11.0. The molecule has 0 aliphatic carbocycles. The molecular weight excluding hydrogens is 592 g/mol. The molecule has 0 saturated heterocycles. The Labute approximate surface area is 263 Å². The number of hydrogen-bond donors (Lipinski definition) is 1. The lowest BCUT2D eigenvalue weighted by Crippen LogP contribution is -2.54. The van der Waals surface area contributed by atoms with Crippen LogP contribution in [0.1, 0.15) is 30.5 Å². The Bertz CT molecular complexity index is 1750. The fourth-order valence-electron chi connectivity index (χ4n) is 4.95. The molecule has 1 N–H and O–H groups in total. The number of nitro groups is 1. The van der Waals surface area contributed by atoms with Crippen molar-refractivity contribution in [3.05, 3.63) is 136 Å². The number of nitrogens with zero attached hydrogens (tertiary/aromatic N) is 3. The van der Waals surface area contributed by atoms with E-state index in [9.17, 15) is 28.1 Å². The second-order valence-corrected chi connectivity index (χ2v) is 12.8. The molecule has 0 heterocycles. The molecule has 2 amide bonds. The maximum absolute atomic E-state index is 14.4. The number of carbonyl (C=O) groups is 2. The first-order valence-corrected chi connectivity index (χ1v) is 15.9. The number of rotatable bonds is 13. The quantitative estimate of drug-likeness (QED) is 0.159.